The van der Waals surface area contributed by atoms with Gasteiger partial charge in [-0.2, -0.15) is 0 Å². The summed E-state index contributed by atoms with van der Waals surface area (Å²) in [5.74, 6) is -1.82. The molecule has 21 heavy (non-hydrogen) atoms. The molecule has 1 amide bonds. The summed E-state index contributed by atoms with van der Waals surface area (Å²) in [5, 5.41) is 2.32. The van der Waals surface area contributed by atoms with Crippen LogP contribution in [0.25, 0.3) is 0 Å². The Labute approximate surface area is 122 Å². The number of hydrogen-bond donors (Lipinski definition) is 1. The number of amides is 1. The molecule has 2 rings (SSSR count). The van der Waals surface area contributed by atoms with Gasteiger partial charge in [-0.1, -0.05) is 0 Å². The lowest BCUT2D eigenvalue weighted by Crippen LogP contribution is -2.32. The Morgan fingerprint density at radius 1 is 1.48 bits per heavy atom. The molecule has 1 aromatic rings. The van der Waals surface area contributed by atoms with E-state index in [4.69, 9.17) is 9.47 Å². The second kappa shape index (κ2) is 7.47. The molecular weight excluding hydrogens is 280 g/mol. The van der Waals surface area contributed by atoms with Gasteiger partial charge in [0.25, 0.3) is 5.91 Å². The SMILES string of the molecule is CC(OCC1CCCCO1)C(=O)Nc1cc(F)ccc1F. The maximum absolute atomic E-state index is 13.4. The van der Waals surface area contributed by atoms with Crippen molar-refractivity contribution in [2.24, 2.45) is 0 Å². The van der Waals surface area contributed by atoms with Crippen molar-refractivity contribution in [2.45, 2.75) is 38.4 Å². The molecule has 116 valence electrons. The van der Waals surface area contributed by atoms with E-state index in [0.717, 1.165) is 37.5 Å². The van der Waals surface area contributed by atoms with Gasteiger partial charge in [0, 0.05) is 12.7 Å². The number of rotatable bonds is 5. The number of benzene rings is 1. The first-order valence-corrected chi connectivity index (χ1v) is 7.05. The van der Waals surface area contributed by atoms with E-state index >= 15 is 0 Å². The van der Waals surface area contributed by atoms with Crippen LogP contribution in [0.15, 0.2) is 18.2 Å². The topological polar surface area (TPSA) is 47.6 Å². The van der Waals surface area contributed by atoms with Crippen LogP contribution in [0.4, 0.5) is 14.5 Å². The molecule has 0 spiro atoms. The van der Waals surface area contributed by atoms with Gasteiger partial charge in [0.15, 0.2) is 0 Å². The summed E-state index contributed by atoms with van der Waals surface area (Å²) < 4.78 is 37.4. The molecule has 1 aliphatic heterocycles. The number of halogens is 2. The molecule has 1 aliphatic rings. The number of hydrogen-bond acceptors (Lipinski definition) is 3. The maximum atomic E-state index is 13.4. The van der Waals surface area contributed by atoms with Gasteiger partial charge in [0.1, 0.15) is 17.7 Å². The highest BCUT2D eigenvalue weighted by Crippen LogP contribution is 2.17. The molecule has 6 heteroatoms. The average Bonchev–Trinajstić information content (AvgIpc) is 2.49. The summed E-state index contributed by atoms with van der Waals surface area (Å²) in [5.41, 5.74) is -0.190. The van der Waals surface area contributed by atoms with Gasteiger partial charge >= 0.3 is 0 Å². The van der Waals surface area contributed by atoms with Crippen molar-refractivity contribution in [1.82, 2.24) is 0 Å². The first kappa shape index (κ1) is 15.9. The van der Waals surface area contributed by atoms with Crippen LogP contribution < -0.4 is 5.32 Å². The van der Waals surface area contributed by atoms with Crippen LogP contribution in [-0.2, 0) is 14.3 Å². The van der Waals surface area contributed by atoms with Crippen LogP contribution in [0.5, 0.6) is 0 Å². The van der Waals surface area contributed by atoms with Crippen LogP contribution in [0, 0.1) is 11.6 Å². The molecule has 0 radical (unpaired) electrons. The Hall–Kier alpha value is -1.53. The molecule has 1 aromatic carbocycles. The molecule has 0 saturated carbocycles. The van der Waals surface area contributed by atoms with Crippen molar-refractivity contribution in [1.29, 1.82) is 0 Å². The first-order valence-electron chi connectivity index (χ1n) is 7.05. The minimum Gasteiger partial charge on any atom is -0.376 e. The van der Waals surface area contributed by atoms with Gasteiger partial charge < -0.3 is 14.8 Å². The molecule has 2 unspecified atom stereocenters. The summed E-state index contributed by atoms with van der Waals surface area (Å²) in [7, 11) is 0. The monoisotopic (exact) mass is 299 g/mol. The normalized spacial score (nSPS) is 20.0. The fraction of sp³-hybridized carbons (Fsp3) is 0.533. The lowest BCUT2D eigenvalue weighted by atomic mass is 10.1. The van der Waals surface area contributed by atoms with Crippen molar-refractivity contribution in [3.05, 3.63) is 29.8 Å². The zero-order chi connectivity index (χ0) is 15.2. The Bertz CT molecular complexity index is 490. The van der Waals surface area contributed by atoms with Crippen LogP contribution in [0.1, 0.15) is 26.2 Å². The second-order valence-corrected chi connectivity index (χ2v) is 5.08. The fourth-order valence-corrected chi connectivity index (χ4v) is 2.09. The van der Waals surface area contributed by atoms with E-state index < -0.39 is 23.6 Å². The van der Waals surface area contributed by atoms with Gasteiger partial charge in [-0.15, -0.1) is 0 Å². The Morgan fingerprint density at radius 3 is 3.00 bits per heavy atom. The molecule has 1 saturated heterocycles. The van der Waals surface area contributed by atoms with E-state index in [-0.39, 0.29) is 11.8 Å². The highest BCUT2D eigenvalue weighted by Gasteiger charge is 2.19. The van der Waals surface area contributed by atoms with Gasteiger partial charge in [-0.3, -0.25) is 4.79 Å². The van der Waals surface area contributed by atoms with Crippen molar-refractivity contribution in [3.63, 3.8) is 0 Å². The first-order chi connectivity index (χ1) is 10.1. The summed E-state index contributed by atoms with van der Waals surface area (Å²) in [4.78, 5) is 11.9. The summed E-state index contributed by atoms with van der Waals surface area (Å²) in [6.07, 6.45) is 2.28. The zero-order valence-corrected chi connectivity index (χ0v) is 11.9. The number of carbonyl (C=O) groups is 1. The number of nitrogens with one attached hydrogen (secondary N) is 1. The average molecular weight is 299 g/mol. The molecule has 1 N–H and O–H groups in total. The second-order valence-electron chi connectivity index (χ2n) is 5.08. The highest BCUT2D eigenvalue weighted by molar-refractivity contribution is 5.93. The number of carbonyl (C=O) groups excluding carboxylic acids is 1. The van der Waals surface area contributed by atoms with Gasteiger partial charge in [-0.05, 0) is 38.3 Å². The summed E-state index contributed by atoms with van der Waals surface area (Å²) in [6, 6.07) is 2.89. The van der Waals surface area contributed by atoms with Crippen molar-refractivity contribution < 1.29 is 23.0 Å². The maximum Gasteiger partial charge on any atom is 0.253 e. The van der Waals surface area contributed by atoms with Crippen molar-refractivity contribution >= 4 is 11.6 Å². The van der Waals surface area contributed by atoms with Crippen LogP contribution in [0.2, 0.25) is 0 Å². The zero-order valence-electron chi connectivity index (χ0n) is 11.9. The van der Waals surface area contributed by atoms with E-state index in [9.17, 15) is 13.6 Å². The van der Waals surface area contributed by atoms with E-state index in [0.29, 0.717) is 13.2 Å². The Morgan fingerprint density at radius 2 is 2.29 bits per heavy atom. The minimum atomic E-state index is -0.766. The van der Waals surface area contributed by atoms with E-state index in [2.05, 4.69) is 5.32 Å². The van der Waals surface area contributed by atoms with Crippen LogP contribution in [0.3, 0.4) is 0 Å². The predicted octanol–water partition coefficient (Wildman–Crippen LogP) is 2.88. The molecule has 1 heterocycles. The molecule has 1 fully saturated rings. The van der Waals surface area contributed by atoms with Crippen molar-refractivity contribution in [2.75, 3.05) is 18.5 Å². The molecule has 0 aromatic heterocycles. The standard InChI is InChI=1S/C15H19F2NO3/c1-10(21-9-12-4-2-3-7-20-12)15(19)18-14-8-11(16)5-6-13(14)17/h5-6,8,10,12H,2-4,7,9H2,1H3,(H,18,19). The third-order valence-electron chi connectivity index (χ3n) is 3.36. The quantitative estimate of drug-likeness (QED) is 0.909. The minimum absolute atomic E-state index is 0.0000872. The largest absolute Gasteiger partial charge is 0.376 e. The molecule has 2 atom stereocenters. The van der Waals surface area contributed by atoms with E-state index in [1.54, 1.807) is 6.92 Å². The van der Waals surface area contributed by atoms with Gasteiger partial charge in [-0.25, -0.2) is 8.78 Å². The third kappa shape index (κ3) is 4.75. The molecule has 0 bridgehead atoms. The number of anilines is 1. The summed E-state index contributed by atoms with van der Waals surface area (Å²) in [6.45, 7) is 2.60. The van der Waals surface area contributed by atoms with Crippen LogP contribution in [-0.4, -0.2) is 31.3 Å². The third-order valence-corrected chi connectivity index (χ3v) is 3.36. The lowest BCUT2D eigenvalue weighted by molar-refractivity contribution is -0.130. The molecule has 0 aliphatic carbocycles. The smallest absolute Gasteiger partial charge is 0.253 e. The highest BCUT2D eigenvalue weighted by atomic mass is 19.1. The molecule has 4 nitrogen and oxygen atoms in total. The van der Waals surface area contributed by atoms with Crippen molar-refractivity contribution in [3.8, 4) is 0 Å². The summed E-state index contributed by atoms with van der Waals surface area (Å²) >= 11 is 0. The predicted molar refractivity (Wildman–Crippen MR) is 74.0 cm³/mol. The van der Waals surface area contributed by atoms with Gasteiger partial charge in [0.2, 0.25) is 0 Å². The lowest BCUT2D eigenvalue weighted by Gasteiger charge is -2.23. The molecular formula is C15H19F2NO3. The van der Waals surface area contributed by atoms with E-state index in [1.807, 2.05) is 0 Å². The van der Waals surface area contributed by atoms with E-state index in [1.165, 1.54) is 0 Å². The van der Waals surface area contributed by atoms with Crippen LogP contribution >= 0.6 is 0 Å². The van der Waals surface area contributed by atoms with Gasteiger partial charge in [0.05, 0.1) is 18.4 Å². The Kier molecular flexibility index (Phi) is 5.64. The fourth-order valence-electron chi connectivity index (χ4n) is 2.09. The Balaban J connectivity index is 1.82. The number of ether oxygens (including phenoxy) is 2.